The lowest BCUT2D eigenvalue weighted by Crippen LogP contribution is -2.25. The molecule has 0 unspecified atom stereocenters. The van der Waals surface area contributed by atoms with Crippen LogP contribution in [-0.2, 0) is 13.1 Å². The fourth-order valence-corrected chi connectivity index (χ4v) is 3.73. The number of H-pyrrole nitrogens is 1. The van der Waals surface area contributed by atoms with Crippen LogP contribution in [0.25, 0.3) is 10.9 Å². The van der Waals surface area contributed by atoms with Gasteiger partial charge in [-0.3, -0.25) is 9.88 Å². The van der Waals surface area contributed by atoms with Crippen molar-refractivity contribution in [3.05, 3.63) is 95.4 Å². The Kier molecular flexibility index (Phi) is 6.45. The zero-order chi connectivity index (χ0) is 19.9. The zero-order valence-electron chi connectivity index (χ0n) is 16.3. The van der Waals surface area contributed by atoms with Crippen LogP contribution in [0.1, 0.15) is 17.7 Å². The summed E-state index contributed by atoms with van der Waals surface area (Å²) < 4.78 is 0. The highest BCUT2D eigenvalue weighted by molar-refractivity contribution is 6.31. The Balaban J connectivity index is 1.36. The first-order valence-electron chi connectivity index (χ1n) is 9.94. The summed E-state index contributed by atoms with van der Waals surface area (Å²) >= 11 is 6.09. The van der Waals surface area contributed by atoms with Crippen LogP contribution in [0.3, 0.4) is 0 Å². The fourth-order valence-electron chi connectivity index (χ4n) is 3.56. The van der Waals surface area contributed by atoms with Gasteiger partial charge >= 0.3 is 0 Å². The van der Waals surface area contributed by atoms with Gasteiger partial charge in [-0.1, -0.05) is 41.9 Å². The van der Waals surface area contributed by atoms with Crippen molar-refractivity contribution in [2.75, 3.05) is 18.4 Å². The first-order chi connectivity index (χ1) is 14.3. The van der Waals surface area contributed by atoms with Crippen molar-refractivity contribution in [3.8, 4) is 0 Å². The molecule has 2 aromatic carbocycles. The molecule has 29 heavy (non-hydrogen) atoms. The minimum atomic E-state index is 0.711. The number of aromatic nitrogens is 2. The third-order valence-electron chi connectivity index (χ3n) is 4.98. The normalized spacial score (nSPS) is 11.2. The summed E-state index contributed by atoms with van der Waals surface area (Å²) in [5.74, 6) is 0. The predicted molar refractivity (Wildman–Crippen MR) is 121 cm³/mol. The van der Waals surface area contributed by atoms with Gasteiger partial charge in [0.25, 0.3) is 0 Å². The van der Waals surface area contributed by atoms with Gasteiger partial charge in [0.05, 0.1) is 5.52 Å². The molecule has 0 bridgehead atoms. The van der Waals surface area contributed by atoms with E-state index in [1.54, 1.807) is 0 Å². The van der Waals surface area contributed by atoms with Crippen molar-refractivity contribution < 1.29 is 0 Å². The molecule has 2 aromatic heterocycles. The number of nitrogens with zero attached hydrogens (tertiary/aromatic N) is 2. The maximum Gasteiger partial charge on any atom is 0.0737 e. The van der Waals surface area contributed by atoms with E-state index >= 15 is 0 Å². The summed E-state index contributed by atoms with van der Waals surface area (Å²) in [5.41, 5.74) is 4.60. The number of nitrogens with one attached hydrogen (secondary N) is 2. The lowest BCUT2D eigenvalue weighted by Gasteiger charge is -2.22. The Bertz CT molecular complexity index is 1030. The van der Waals surface area contributed by atoms with E-state index in [-0.39, 0.29) is 0 Å². The average molecular weight is 405 g/mol. The van der Waals surface area contributed by atoms with E-state index in [0.717, 1.165) is 49.2 Å². The van der Waals surface area contributed by atoms with Gasteiger partial charge in [0.2, 0.25) is 0 Å². The van der Waals surface area contributed by atoms with E-state index in [1.807, 2.05) is 36.7 Å². The van der Waals surface area contributed by atoms with E-state index in [4.69, 9.17) is 11.6 Å². The largest absolute Gasteiger partial charge is 0.384 e. The van der Waals surface area contributed by atoms with Gasteiger partial charge in [0, 0.05) is 60.4 Å². The highest BCUT2D eigenvalue weighted by Crippen LogP contribution is 2.24. The van der Waals surface area contributed by atoms with Gasteiger partial charge in [0.15, 0.2) is 0 Å². The van der Waals surface area contributed by atoms with Crippen molar-refractivity contribution in [3.63, 3.8) is 0 Å². The molecule has 0 saturated heterocycles. The average Bonchev–Trinajstić information content (AvgIpc) is 3.24. The molecule has 0 spiro atoms. The molecule has 2 heterocycles. The second-order valence-corrected chi connectivity index (χ2v) is 7.63. The number of anilines is 1. The quantitative estimate of drug-likeness (QED) is 0.350. The van der Waals surface area contributed by atoms with Gasteiger partial charge in [-0.15, -0.1) is 0 Å². The summed E-state index contributed by atoms with van der Waals surface area (Å²) in [6.45, 7) is 3.77. The number of hydrogen-bond acceptors (Lipinski definition) is 3. The van der Waals surface area contributed by atoms with E-state index in [2.05, 4.69) is 62.6 Å². The van der Waals surface area contributed by atoms with E-state index < -0.39 is 0 Å². The number of aromatic amines is 1. The first kappa shape index (κ1) is 19.5. The van der Waals surface area contributed by atoms with Crippen LogP contribution in [0.2, 0.25) is 5.02 Å². The summed E-state index contributed by atoms with van der Waals surface area (Å²) in [5, 5.41) is 5.38. The van der Waals surface area contributed by atoms with Crippen LogP contribution in [-0.4, -0.2) is 28.0 Å². The zero-order valence-corrected chi connectivity index (χ0v) is 17.1. The molecule has 0 aliphatic carbocycles. The third-order valence-corrected chi connectivity index (χ3v) is 5.21. The third kappa shape index (κ3) is 5.37. The first-order valence-corrected chi connectivity index (χ1v) is 10.3. The molecule has 4 rings (SSSR count). The molecule has 0 aliphatic rings. The molecule has 2 N–H and O–H groups in total. The van der Waals surface area contributed by atoms with Gasteiger partial charge in [-0.2, -0.15) is 0 Å². The van der Waals surface area contributed by atoms with Crippen LogP contribution >= 0.6 is 11.6 Å². The van der Waals surface area contributed by atoms with Crippen LogP contribution < -0.4 is 5.32 Å². The second-order valence-electron chi connectivity index (χ2n) is 7.19. The Labute approximate surface area is 176 Å². The molecule has 0 atom stereocenters. The number of halogens is 1. The summed E-state index contributed by atoms with van der Waals surface area (Å²) in [7, 11) is 0. The van der Waals surface area contributed by atoms with Gasteiger partial charge in [-0.05, 0) is 48.4 Å². The maximum atomic E-state index is 6.09. The van der Waals surface area contributed by atoms with Crippen molar-refractivity contribution >= 4 is 28.2 Å². The lowest BCUT2D eigenvalue weighted by atomic mass is 10.2. The van der Waals surface area contributed by atoms with Gasteiger partial charge < -0.3 is 10.3 Å². The highest BCUT2D eigenvalue weighted by Gasteiger charge is 2.08. The number of rotatable bonds is 9. The van der Waals surface area contributed by atoms with Crippen molar-refractivity contribution in [2.45, 2.75) is 19.5 Å². The molecule has 5 heteroatoms. The van der Waals surface area contributed by atoms with Crippen molar-refractivity contribution in [1.29, 1.82) is 0 Å². The minimum absolute atomic E-state index is 0.711. The minimum Gasteiger partial charge on any atom is -0.384 e. The molecular weight excluding hydrogens is 380 g/mol. The standard InChI is InChI=1S/C24H25ClN4/c25-20-9-10-22-23(11-14-28-24(22)16-20)27-13-5-15-29(18-21-8-4-12-26-21)17-19-6-2-1-3-7-19/h1-4,6-12,14,16,26H,5,13,15,17-18H2,(H,27,28). The Morgan fingerprint density at radius 2 is 1.86 bits per heavy atom. The Hall–Kier alpha value is -2.82. The monoisotopic (exact) mass is 404 g/mol. The molecule has 0 amide bonds. The maximum absolute atomic E-state index is 6.09. The van der Waals surface area contributed by atoms with Crippen molar-refractivity contribution in [2.24, 2.45) is 0 Å². The smallest absolute Gasteiger partial charge is 0.0737 e. The fraction of sp³-hybridized carbons (Fsp3) is 0.208. The topological polar surface area (TPSA) is 44.0 Å². The summed E-state index contributed by atoms with van der Waals surface area (Å²) in [4.78, 5) is 10.2. The molecule has 0 fully saturated rings. The molecule has 0 saturated carbocycles. The van der Waals surface area contributed by atoms with Crippen LogP contribution in [0.5, 0.6) is 0 Å². The number of pyridine rings is 1. The molecule has 0 aliphatic heterocycles. The van der Waals surface area contributed by atoms with Crippen molar-refractivity contribution in [1.82, 2.24) is 14.9 Å². The highest BCUT2D eigenvalue weighted by atomic mass is 35.5. The van der Waals surface area contributed by atoms with Crippen LogP contribution in [0, 0.1) is 0 Å². The second kappa shape index (κ2) is 9.59. The number of fused-ring (bicyclic) bond motifs is 1. The molecule has 4 aromatic rings. The van der Waals surface area contributed by atoms with E-state index in [1.165, 1.54) is 11.3 Å². The Morgan fingerprint density at radius 3 is 2.69 bits per heavy atom. The summed E-state index contributed by atoms with van der Waals surface area (Å²) in [6.07, 6.45) is 4.86. The lowest BCUT2D eigenvalue weighted by molar-refractivity contribution is 0.253. The predicted octanol–water partition coefficient (Wildman–Crippen LogP) is 5.72. The van der Waals surface area contributed by atoms with E-state index in [9.17, 15) is 0 Å². The van der Waals surface area contributed by atoms with Gasteiger partial charge in [0.1, 0.15) is 0 Å². The summed E-state index contributed by atoms with van der Waals surface area (Å²) in [6, 6.07) is 22.7. The number of hydrogen-bond donors (Lipinski definition) is 2. The molecule has 148 valence electrons. The van der Waals surface area contributed by atoms with Crippen LogP contribution in [0.4, 0.5) is 5.69 Å². The van der Waals surface area contributed by atoms with E-state index in [0.29, 0.717) is 5.02 Å². The Morgan fingerprint density at radius 1 is 0.966 bits per heavy atom. The SMILES string of the molecule is Clc1ccc2c(NCCCN(Cc3ccccc3)Cc3ccc[nH]3)ccnc2c1. The molecule has 0 radical (unpaired) electrons. The molecular formula is C24H25ClN4. The van der Waals surface area contributed by atoms with Gasteiger partial charge in [-0.25, -0.2) is 0 Å². The molecule has 4 nitrogen and oxygen atoms in total. The van der Waals surface area contributed by atoms with Crippen LogP contribution in [0.15, 0.2) is 79.1 Å². The number of benzene rings is 2.